The number of carbonyl (C=O) groups excluding carboxylic acids is 3. The summed E-state index contributed by atoms with van der Waals surface area (Å²) < 4.78 is 11.2. The Morgan fingerprint density at radius 2 is 1.59 bits per heavy atom. The molecule has 1 aliphatic heterocycles. The topological polar surface area (TPSA) is 110 Å². The molecule has 2 heterocycles. The van der Waals surface area contributed by atoms with Crippen LogP contribution in [0.5, 0.6) is 5.75 Å². The van der Waals surface area contributed by atoms with E-state index in [0.717, 1.165) is 16.7 Å². The highest BCUT2D eigenvalue weighted by atomic mass is 32.1. The Balaban J connectivity index is 1.15. The van der Waals surface area contributed by atoms with Crippen LogP contribution < -0.4 is 15.5 Å². The van der Waals surface area contributed by atoms with E-state index < -0.39 is 23.9 Å². The predicted molar refractivity (Wildman–Crippen MR) is 146 cm³/mol. The number of hydrogen-bond acceptors (Lipinski definition) is 7. The molecule has 4 aromatic rings. The Morgan fingerprint density at radius 3 is 2.33 bits per heavy atom. The van der Waals surface area contributed by atoms with Crippen LogP contribution in [-0.2, 0) is 22.7 Å². The quantitative estimate of drug-likeness (QED) is 0.321. The van der Waals surface area contributed by atoms with Crippen molar-refractivity contribution in [3.63, 3.8) is 0 Å². The van der Waals surface area contributed by atoms with Gasteiger partial charge in [0.25, 0.3) is 11.8 Å². The van der Waals surface area contributed by atoms with Crippen LogP contribution in [0.3, 0.4) is 0 Å². The fourth-order valence-electron chi connectivity index (χ4n) is 4.02. The number of hydrazine groups is 1. The number of para-hydroxylation sites is 1. The molecule has 1 fully saturated rings. The van der Waals surface area contributed by atoms with Crippen LogP contribution in [0.25, 0.3) is 10.6 Å². The molecule has 0 aliphatic carbocycles. The van der Waals surface area contributed by atoms with Crippen LogP contribution >= 0.6 is 11.3 Å². The van der Waals surface area contributed by atoms with Crippen LogP contribution in [0, 0.1) is 0 Å². The average molecular weight is 543 g/mol. The van der Waals surface area contributed by atoms with Crippen LogP contribution in [0.15, 0.2) is 90.3 Å². The van der Waals surface area contributed by atoms with E-state index in [1.54, 1.807) is 5.38 Å². The number of alkyl carbamates (subject to hydrolysis) is 1. The molecular weight excluding hydrogens is 516 g/mol. The minimum Gasteiger partial charge on any atom is -0.488 e. The molecule has 3 aromatic carbocycles. The maximum atomic E-state index is 12.9. The van der Waals surface area contributed by atoms with Gasteiger partial charge in [0.1, 0.15) is 35.7 Å². The third kappa shape index (κ3) is 6.60. The fourth-order valence-corrected chi connectivity index (χ4v) is 4.85. The van der Waals surface area contributed by atoms with Crippen LogP contribution in [0.1, 0.15) is 28.0 Å². The second-order valence-corrected chi connectivity index (χ2v) is 9.64. The Morgan fingerprint density at radius 1 is 0.923 bits per heavy atom. The summed E-state index contributed by atoms with van der Waals surface area (Å²) in [7, 11) is 0. The minimum atomic E-state index is -0.784. The van der Waals surface area contributed by atoms with Crippen molar-refractivity contribution < 1.29 is 23.9 Å². The molecule has 0 spiro atoms. The number of aromatic nitrogens is 1. The summed E-state index contributed by atoms with van der Waals surface area (Å²) in [4.78, 5) is 42.3. The number of ether oxygens (including phenoxy) is 2. The molecule has 5 rings (SSSR count). The Kier molecular flexibility index (Phi) is 8.13. The van der Waals surface area contributed by atoms with Gasteiger partial charge in [-0.1, -0.05) is 72.8 Å². The number of carbonyl (C=O) groups is 3. The zero-order chi connectivity index (χ0) is 27.0. The van der Waals surface area contributed by atoms with Crippen molar-refractivity contribution in [1.29, 1.82) is 0 Å². The lowest BCUT2D eigenvalue weighted by Gasteiger charge is -2.17. The summed E-state index contributed by atoms with van der Waals surface area (Å²) >= 11 is 1.31. The summed E-state index contributed by atoms with van der Waals surface area (Å²) in [6, 6.07) is 25.8. The highest BCUT2D eigenvalue weighted by Crippen LogP contribution is 2.32. The van der Waals surface area contributed by atoms with E-state index >= 15 is 0 Å². The number of amides is 3. The first-order valence-electron chi connectivity index (χ1n) is 12.4. The maximum Gasteiger partial charge on any atom is 0.408 e. The second kappa shape index (κ2) is 12.2. The first kappa shape index (κ1) is 25.9. The third-order valence-electron chi connectivity index (χ3n) is 6.04. The van der Waals surface area contributed by atoms with Gasteiger partial charge in [0.15, 0.2) is 0 Å². The summed E-state index contributed by atoms with van der Waals surface area (Å²) in [5.41, 5.74) is 5.43. The van der Waals surface area contributed by atoms with Gasteiger partial charge >= 0.3 is 6.09 Å². The number of nitrogens with one attached hydrogen (secondary N) is 2. The van der Waals surface area contributed by atoms with Crippen LogP contribution in [-0.4, -0.2) is 40.5 Å². The Hall–Kier alpha value is -4.70. The monoisotopic (exact) mass is 542 g/mol. The Bertz CT molecular complexity index is 1440. The molecule has 0 unspecified atom stereocenters. The largest absolute Gasteiger partial charge is 0.488 e. The lowest BCUT2D eigenvalue weighted by molar-refractivity contribution is -0.131. The second-order valence-electron chi connectivity index (χ2n) is 8.79. The fraction of sp³-hybridized carbons (Fsp3) is 0.172. The number of benzene rings is 3. The lowest BCUT2D eigenvalue weighted by atomic mass is 10.2. The van der Waals surface area contributed by atoms with Gasteiger partial charge in [0, 0.05) is 11.9 Å². The molecule has 198 valence electrons. The van der Waals surface area contributed by atoms with E-state index in [2.05, 4.69) is 15.7 Å². The zero-order valence-electron chi connectivity index (χ0n) is 20.9. The van der Waals surface area contributed by atoms with E-state index in [9.17, 15) is 14.4 Å². The lowest BCUT2D eigenvalue weighted by Crippen LogP contribution is -2.48. The Labute approximate surface area is 229 Å². The number of rotatable bonds is 9. The SMILES string of the molecule is O=C(N[C@@H]1CCN(NC(=O)c2csc(-c3ccccc3OCc3ccccc3)n2)C1=O)OCc1ccccc1. The molecule has 1 aliphatic rings. The van der Waals surface area contributed by atoms with E-state index in [4.69, 9.17) is 9.47 Å². The van der Waals surface area contributed by atoms with Gasteiger partial charge in [0.05, 0.1) is 5.56 Å². The van der Waals surface area contributed by atoms with Gasteiger partial charge in [-0.3, -0.25) is 20.0 Å². The molecule has 9 nitrogen and oxygen atoms in total. The van der Waals surface area contributed by atoms with Gasteiger partial charge in [-0.2, -0.15) is 0 Å². The smallest absolute Gasteiger partial charge is 0.408 e. The normalized spacial score (nSPS) is 14.6. The molecule has 1 aromatic heterocycles. The summed E-state index contributed by atoms with van der Waals surface area (Å²) in [5, 5.41) is 6.02. The first-order chi connectivity index (χ1) is 19.1. The van der Waals surface area contributed by atoms with Crippen molar-refractivity contribution in [2.75, 3.05) is 6.54 Å². The summed E-state index contributed by atoms with van der Waals surface area (Å²) in [6.45, 7) is 0.755. The van der Waals surface area contributed by atoms with Gasteiger partial charge < -0.3 is 14.8 Å². The van der Waals surface area contributed by atoms with Crippen molar-refractivity contribution in [2.45, 2.75) is 25.7 Å². The van der Waals surface area contributed by atoms with Crippen LogP contribution in [0.4, 0.5) is 4.79 Å². The van der Waals surface area contributed by atoms with Crippen molar-refractivity contribution in [3.05, 3.63) is 107 Å². The van der Waals surface area contributed by atoms with Crippen molar-refractivity contribution in [2.24, 2.45) is 0 Å². The van der Waals surface area contributed by atoms with Gasteiger partial charge in [-0.25, -0.2) is 9.78 Å². The predicted octanol–water partition coefficient (Wildman–Crippen LogP) is 4.56. The molecule has 0 radical (unpaired) electrons. The van der Waals surface area contributed by atoms with E-state index in [1.165, 1.54) is 16.3 Å². The highest BCUT2D eigenvalue weighted by molar-refractivity contribution is 7.13. The van der Waals surface area contributed by atoms with Crippen molar-refractivity contribution in [1.82, 2.24) is 20.7 Å². The maximum absolute atomic E-state index is 12.9. The molecule has 0 saturated carbocycles. The standard InChI is InChI=1S/C29H26N4O5S/c34-26(32-33-16-15-23(28(33)35)31-29(36)38-18-21-11-5-2-6-12-21)24-19-39-27(30-24)22-13-7-8-14-25(22)37-17-20-9-3-1-4-10-20/h1-14,19,23H,15-18H2,(H,31,36)(H,32,34)/t23-/m1/s1. The molecule has 0 bridgehead atoms. The molecular formula is C29H26N4O5S. The molecule has 10 heteroatoms. The molecule has 1 atom stereocenters. The summed E-state index contributed by atoms with van der Waals surface area (Å²) in [5.74, 6) is -0.276. The van der Waals surface area contributed by atoms with Crippen molar-refractivity contribution >= 4 is 29.2 Å². The van der Waals surface area contributed by atoms with E-state index in [1.807, 2.05) is 84.9 Å². The minimum absolute atomic E-state index is 0.0978. The third-order valence-corrected chi connectivity index (χ3v) is 6.91. The molecule has 39 heavy (non-hydrogen) atoms. The zero-order valence-corrected chi connectivity index (χ0v) is 21.7. The first-order valence-corrected chi connectivity index (χ1v) is 13.3. The number of hydrogen-bond donors (Lipinski definition) is 2. The van der Waals surface area contributed by atoms with Crippen molar-refractivity contribution in [3.8, 4) is 16.3 Å². The van der Waals surface area contributed by atoms with E-state index in [-0.39, 0.29) is 18.8 Å². The molecule has 2 N–H and O–H groups in total. The number of thiazole rings is 1. The summed E-state index contributed by atoms with van der Waals surface area (Å²) in [6.07, 6.45) is -0.351. The van der Waals surface area contributed by atoms with Gasteiger partial charge in [-0.15, -0.1) is 11.3 Å². The average Bonchev–Trinajstić information content (AvgIpc) is 3.60. The van der Waals surface area contributed by atoms with Gasteiger partial charge in [0.2, 0.25) is 0 Å². The van der Waals surface area contributed by atoms with Gasteiger partial charge in [-0.05, 0) is 29.7 Å². The number of nitrogens with zero attached hydrogens (tertiary/aromatic N) is 2. The van der Waals surface area contributed by atoms with E-state index in [0.29, 0.717) is 23.8 Å². The van der Waals surface area contributed by atoms with Crippen LogP contribution in [0.2, 0.25) is 0 Å². The highest BCUT2D eigenvalue weighted by Gasteiger charge is 2.34. The molecule has 3 amide bonds. The molecule has 1 saturated heterocycles.